The zero-order valence-electron chi connectivity index (χ0n) is 17.0. The molecule has 0 spiro atoms. The predicted octanol–water partition coefficient (Wildman–Crippen LogP) is 4.01. The molecule has 0 radical (unpaired) electrons. The van der Waals surface area contributed by atoms with E-state index in [-0.39, 0.29) is 17.7 Å². The summed E-state index contributed by atoms with van der Waals surface area (Å²) >= 11 is 6.22. The van der Waals surface area contributed by atoms with Crippen molar-refractivity contribution >= 4 is 39.9 Å². The highest BCUT2D eigenvalue weighted by atomic mass is 35.5. The highest BCUT2D eigenvalue weighted by Gasteiger charge is 2.43. The molecular weight excluding hydrogens is 418 g/mol. The summed E-state index contributed by atoms with van der Waals surface area (Å²) in [7, 11) is 3.20. The third-order valence-corrected chi connectivity index (χ3v) is 5.36. The van der Waals surface area contributed by atoms with Crippen molar-refractivity contribution in [3.8, 4) is 17.6 Å². The van der Waals surface area contributed by atoms with Crippen LogP contribution in [0.2, 0.25) is 5.15 Å². The Hall–Kier alpha value is -3.57. The number of nitrogens with one attached hydrogen (secondary N) is 2. The van der Waals surface area contributed by atoms with Crippen LogP contribution in [0.15, 0.2) is 36.5 Å². The van der Waals surface area contributed by atoms with Gasteiger partial charge in [0.2, 0.25) is 5.91 Å². The second-order valence-electron chi connectivity index (χ2n) is 7.18. The third kappa shape index (κ3) is 4.47. The monoisotopic (exact) mass is 437 g/mol. The van der Waals surface area contributed by atoms with Gasteiger partial charge in [0.15, 0.2) is 0 Å². The molecule has 9 heteroatoms. The van der Waals surface area contributed by atoms with Gasteiger partial charge < -0.3 is 20.1 Å². The number of nitriles is 1. The van der Waals surface area contributed by atoms with Crippen LogP contribution >= 0.6 is 11.6 Å². The number of anilines is 2. The summed E-state index contributed by atoms with van der Waals surface area (Å²) in [6.07, 6.45) is 2.23. The maximum Gasteiger partial charge on any atom is 0.230 e. The smallest absolute Gasteiger partial charge is 0.230 e. The Morgan fingerprint density at radius 3 is 2.84 bits per heavy atom. The summed E-state index contributed by atoms with van der Waals surface area (Å²) in [5, 5.41) is 16.8. The van der Waals surface area contributed by atoms with Gasteiger partial charge >= 0.3 is 0 Å². The Labute approximate surface area is 184 Å². The summed E-state index contributed by atoms with van der Waals surface area (Å²) < 4.78 is 10.7. The number of carbonyl (C=O) groups is 1. The average molecular weight is 438 g/mol. The molecule has 2 unspecified atom stereocenters. The zero-order chi connectivity index (χ0) is 22.0. The molecule has 1 saturated carbocycles. The first-order chi connectivity index (χ1) is 15.0. The second-order valence-corrected chi connectivity index (χ2v) is 7.57. The molecule has 1 fully saturated rings. The quantitative estimate of drug-likeness (QED) is 0.537. The molecule has 1 aliphatic carbocycles. The van der Waals surface area contributed by atoms with Crippen LogP contribution in [0.1, 0.15) is 12.0 Å². The lowest BCUT2D eigenvalue weighted by molar-refractivity contribution is -0.117. The zero-order valence-corrected chi connectivity index (χ0v) is 17.7. The Morgan fingerprint density at radius 1 is 1.29 bits per heavy atom. The number of nitrogens with zero attached hydrogens (tertiary/aromatic N) is 3. The topological polar surface area (TPSA) is 109 Å². The summed E-state index contributed by atoms with van der Waals surface area (Å²) in [4.78, 5) is 20.9. The molecule has 8 nitrogen and oxygen atoms in total. The number of hydrogen-bond acceptors (Lipinski definition) is 7. The molecule has 0 bridgehead atoms. The van der Waals surface area contributed by atoms with Crippen molar-refractivity contribution in [2.24, 2.45) is 11.8 Å². The lowest BCUT2D eigenvalue weighted by Crippen LogP contribution is -2.15. The fraction of sp³-hybridized carbons (Fsp3) is 0.273. The number of aromatic nitrogens is 2. The van der Waals surface area contributed by atoms with Gasteiger partial charge in [0.25, 0.3) is 0 Å². The fourth-order valence-electron chi connectivity index (χ4n) is 3.34. The van der Waals surface area contributed by atoms with Gasteiger partial charge in [-0.1, -0.05) is 11.6 Å². The van der Waals surface area contributed by atoms with E-state index in [2.05, 4.69) is 26.7 Å². The van der Waals surface area contributed by atoms with Crippen LogP contribution in [0.25, 0.3) is 10.8 Å². The first kappa shape index (κ1) is 20.7. The van der Waals surface area contributed by atoms with Crippen molar-refractivity contribution in [1.29, 1.82) is 5.26 Å². The maximum atomic E-state index is 12.2. The van der Waals surface area contributed by atoms with Crippen molar-refractivity contribution in [2.75, 3.05) is 24.9 Å². The van der Waals surface area contributed by atoms with Crippen molar-refractivity contribution in [1.82, 2.24) is 9.97 Å². The Morgan fingerprint density at radius 2 is 2.13 bits per heavy atom. The lowest BCUT2D eigenvalue weighted by atomic mass is 10.1. The van der Waals surface area contributed by atoms with E-state index in [1.54, 1.807) is 32.5 Å². The van der Waals surface area contributed by atoms with Crippen LogP contribution < -0.4 is 20.1 Å². The molecule has 2 heterocycles. The summed E-state index contributed by atoms with van der Waals surface area (Å²) in [5.41, 5.74) is 0.923. The number of ether oxygens (including phenoxy) is 2. The van der Waals surface area contributed by atoms with Crippen LogP contribution in [-0.4, -0.2) is 30.1 Å². The number of pyridine rings is 2. The Kier molecular flexibility index (Phi) is 5.78. The van der Waals surface area contributed by atoms with Crippen molar-refractivity contribution in [3.63, 3.8) is 0 Å². The summed E-state index contributed by atoms with van der Waals surface area (Å²) in [6.45, 7) is 0.450. The maximum absolute atomic E-state index is 12.2. The standard InChI is InChI=1S/C22H20ClN5O3/c1-30-15-4-3-12(18(8-15)31-2)10-26-21-17-11-25-20(7-13(17)6-19(23)27-21)28-22(29)16-5-14(16)9-24/h3-4,6-8,11,14,16H,5,10H2,1-2H3,(H,26,27)(H,25,28,29). The highest BCUT2D eigenvalue weighted by molar-refractivity contribution is 6.30. The van der Waals surface area contributed by atoms with Gasteiger partial charge in [-0.15, -0.1) is 0 Å². The van der Waals surface area contributed by atoms with E-state index in [4.69, 9.17) is 26.3 Å². The fourth-order valence-corrected chi connectivity index (χ4v) is 3.54. The third-order valence-electron chi connectivity index (χ3n) is 5.17. The van der Waals surface area contributed by atoms with E-state index in [0.29, 0.717) is 41.3 Å². The van der Waals surface area contributed by atoms with Crippen LogP contribution in [-0.2, 0) is 11.3 Å². The molecule has 0 aliphatic heterocycles. The van der Waals surface area contributed by atoms with Gasteiger partial charge in [-0.25, -0.2) is 9.97 Å². The molecule has 1 aliphatic rings. The number of carbonyl (C=O) groups excluding carboxylic acids is 1. The van der Waals surface area contributed by atoms with E-state index in [9.17, 15) is 4.79 Å². The van der Waals surface area contributed by atoms with E-state index in [1.807, 2.05) is 18.2 Å². The molecule has 2 aromatic heterocycles. The van der Waals surface area contributed by atoms with Gasteiger partial charge in [-0.05, 0) is 36.1 Å². The van der Waals surface area contributed by atoms with E-state index in [1.165, 1.54) is 0 Å². The van der Waals surface area contributed by atoms with Crippen LogP contribution in [0.3, 0.4) is 0 Å². The van der Waals surface area contributed by atoms with Crippen molar-refractivity contribution in [3.05, 3.63) is 47.2 Å². The number of hydrogen-bond donors (Lipinski definition) is 2. The predicted molar refractivity (Wildman–Crippen MR) is 117 cm³/mol. The molecule has 2 atom stereocenters. The number of amides is 1. The van der Waals surface area contributed by atoms with Crippen LogP contribution in [0, 0.1) is 23.2 Å². The second kappa shape index (κ2) is 8.66. The van der Waals surface area contributed by atoms with Crippen molar-refractivity contribution < 1.29 is 14.3 Å². The lowest BCUT2D eigenvalue weighted by Gasteiger charge is -2.13. The minimum absolute atomic E-state index is 0.191. The normalized spacial score (nSPS) is 17.0. The molecule has 158 valence electrons. The molecule has 2 N–H and O–H groups in total. The Balaban J connectivity index is 1.55. The van der Waals surface area contributed by atoms with E-state index in [0.717, 1.165) is 16.3 Å². The van der Waals surface area contributed by atoms with Gasteiger partial charge in [0, 0.05) is 29.8 Å². The van der Waals surface area contributed by atoms with Crippen LogP contribution in [0.5, 0.6) is 11.5 Å². The van der Waals surface area contributed by atoms with Gasteiger partial charge in [0.1, 0.15) is 28.3 Å². The van der Waals surface area contributed by atoms with Gasteiger partial charge in [0.05, 0.1) is 32.1 Å². The molecule has 1 amide bonds. The number of fused-ring (bicyclic) bond motifs is 1. The largest absolute Gasteiger partial charge is 0.497 e. The van der Waals surface area contributed by atoms with E-state index >= 15 is 0 Å². The average Bonchev–Trinajstić information content (AvgIpc) is 3.57. The summed E-state index contributed by atoms with van der Waals surface area (Å²) in [6, 6.07) is 11.1. The SMILES string of the molecule is COc1ccc(CNc2nc(Cl)cc3cc(NC(=O)C4CC4C#N)ncc23)c(OC)c1. The number of halogens is 1. The molecule has 3 aromatic rings. The first-order valence-corrected chi connectivity index (χ1v) is 10.0. The van der Waals surface area contributed by atoms with E-state index < -0.39 is 0 Å². The molecule has 1 aromatic carbocycles. The first-order valence-electron chi connectivity index (χ1n) is 9.64. The minimum atomic E-state index is -0.264. The summed E-state index contributed by atoms with van der Waals surface area (Å²) in [5.74, 6) is 1.72. The van der Waals surface area contributed by atoms with Crippen molar-refractivity contribution in [2.45, 2.75) is 13.0 Å². The number of rotatable bonds is 7. The van der Waals surface area contributed by atoms with Gasteiger partial charge in [-0.2, -0.15) is 5.26 Å². The Bertz CT molecular complexity index is 1190. The molecule has 31 heavy (non-hydrogen) atoms. The molecule has 4 rings (SSSR count). The number of benzene rings is 1. The van der Waals surface area contributed by atoms with Gasteiger partial charge in [-0.3, -0.25) is 4.79 Å². The van der Waals surface area contributed by atoms with Crippen LogP contribution in [0.4, 0.5) is 11.6 Å². The number of methoxy groups -OCH3 is 2. The highest BCUT2D eigenvalue weighted by Crippen LogP contribution is 2.38. The molecular formula is C22H20ClN5O3. The minimum Gasteiger partial charge on any atom is -0.497 e. The molecule has 0 saturated heterocycles.